The van der Waals surface area contributed by atoms with Crippen LogP contribution in [0, 0.1) is 0 Å². The number of likely N-dealkylation sites (tertiary alicyclic amines) is 1. The lowest BCUT2D eigenvalue weighted by Crippen LogP contribution is -2.68. The fourth-order valence-corrected chi connectivity index (χ4v) is 3.04. The maximum Gasteiger partial charge on any atom is 0.410 e. The van der Waals surface area contributed by atoms with Gasteiger partial charge in [-0.25, -0.2) is 4.79 Å². The van der Waals surface area contributed by atoms with Crippen LogP contribution in [0.25, 0.3) is 0 Å². The zero-order valence-corrected chi connectivity index (χ0v) is 14.0. The van der Waals surface area contributed by atoms with Crippen molar-refractivity contribution in [3.05, 3.63) is 23.8 Å². The first-order valence-electron chi connectivity index (χ1n) is 7.74. The Balaban J connectivity index is 1.71. The standard InChI is InChI=1S/C17H23NO5/c1-16(2,3)23-15(20)18-9-17(10-18)8-13(19)12-6-5-11(21-4)7-14(12)22-17/h5-7,13,19H,8-10H2,1-4H3. The molecule has 1 spiro atoms. The number of aliphatic hydroxyl groups is 1. The van der Waals surface area contributed by atoms with Gasteiger partial charge in [0.25, 0.3) is 0 Å². The normalized spacial score (nSPS) is 22.0. The largest absolute Gasteiger partial charge is 0.497 e. The van der Waals surface area contributed by atoms with E-state index in [0.717, 1.165) is 5.56 Å². The molecule has 0 radical (unpaired) electrons. The molecular weight excluding hydrogens is 298 g/mol. The van der Waals surface area contributed by atoms with Crippen molar-refractivity contribution in [2.24, 2.45) is 0 Å². The van der Waals surface area contributed by atoms with Gasteiger partial charge in [-0.15, -0.1) is 0 Å². The van der Waals surface area contributed by atoms with Crippen molar-refractivity contribution in [1.82, 2.24) is 4.90 Å². The number of ether oxygens (including phenoxy) is 3. The molecule has 2 aliphatic rings. The van der Waals surface area contributed by atoms with Crippen molar-refractivity contribution in [3.63, 3.8) is 0 Å². The Morgan fingerprint density at radius 1 is 1.39 bits per heavy atom. The highest BCUT2D eigenvalue weighted by molar-refractivity contribution is 5.70. The molecule has 2 heterocycles. The van der Waals surface area contributed by atoms with Crippen LogP contribution in [0.3, 0.4) is 0 Å². The monoisotopic (exact) mass is 321 g/mol. The number of hydrogen-bond donors (Lipinski definition) is 1. The number of hydrogen-bond acceptors (Lipinski definition) is 5. The van der Waals surface area contributed by atoms with Crippen molar-refractivity contribution < 1.29 is 24.1 Å². The molecule has 0 saturated carbocycles. The summed E-state index contributed by atoms with van der Waals surface area (Å²) in [4.78, 5) is 13.7. The molecule has 6 heteroatoms. The lowest BCUT2D eigenvalue weighted by Gasteiger charge is -2.52. The average Bonchev–Trinajstić information content (AvgIpc) is 2.41. The molecule has 0 bridgehead atoms. The predicted molar refractivity (Wildman–Crippen MR) is 83.7 cm³/mol. The number of rotatable bonds is 1. The summed E-state index contributed by atoms with van der Waals surface area (Å²) in [5.41, 5.74) is -0.310. The number of amides is 1. The van der Waals surface area contributed by atoms with Crippen LogP contribution in [0.1, 0.15) is 38.9 Å². The molecule has 1 saturated heterocycles. The highest BCUT2D eigenvalue weighted by Gasteiger charge is 2.52. The molecule has 1 N–H and O–H groups in total. The molecule has 1 fully saturated rings. The molecule has 126 valence electrons. The third-order valence-electron chi connectivity index (χ3n) is 4.08. The lowest BCUT2D eigenvalue weighted by molar-refractivity contribution is -0.114. The Morgan fingerprint density at radius 2 is 2.09 bits per heavy atom. The van der Waals surface area contributed by atoms with Crippen LogP contribution in [0.4, 0.5) is 4.79 Å². The van der Waals surface area contributed by atoms with Crippen molar-refractivity contribution in [2.75, 3.05) is 20.2 Å². The van der Waals surface area contributed by atoms with Gasteiger partial charge in [-0.05, 0) is 32.9 Å². The first-order valence-corrected chi connectivity index (χ1v) is 7.74. The second kappa shape index (κ2) is 5.30. The van der Waals surface area contributed by atoms with Crippen LogP contribution >= 0.6 is 0 Å². The SMILES string of the molecule is COc1ccc2c(c1)OC1(CC2O)CN(C(=O)OC(C)(C)C)C1. The molecule has 6 nitrogen and oxygen atoms in total. The summed E-state index contributed by atoms with van der Waals surface area (Å²) in [5.74, 6) is 1.29. The summed E-state index contributed by atoms with van der Waals surface area (Å²) in [6.07, 6.45) is -0.492. The number of methoxy groups -OCH3 is 1. The average molecular weight is 321 g/mol. The Kier molecular flexibility index (Phi) is 3.67. The molecule has 3 rings (SSSR count). The van der Waals surface area contributed by atoms with Gasteiger partial charge in [-0.2, -0.15) is 0 Å². The lowest BCUT2D eigenvalue weighted by atomic mass is 9.83. The predicted octanol–water partition coefficient (Wildman–Crippen LogP) is 2.50. The van der Waals surface area contributed by atoms with Gasteiger partial charge < -0.3 is 24.2 Å². The molecule has 0 aromatic heterocycles. The van der Waals surface area contributed by atoms with Gasteiger partial charge in [0.1, 0.15) is 22.7 Å². The Hall–Kier alpha value is -1.95. The maximum absolute atomic E-state index is 12.1. The Labute approximate surface area is 135 Å². The highest BCUT2D eigenvalue weighted by Crippen LogP contribution is 2.45. The quantitative estimate of drug-likeness (QED) is 0.861. The van der Waals surface area contributed by atoms with Crippen LogP contribution in [0.5, 0.6) is 11.5 Å². The van der Waals surface area contributed by atoms with E-state index >= 15 is 0 Å². The van der Waals surface area contributed by atoms with Gasteiger partial charge in [-0.1, -0.05) is 0 Å². The van der Waals surface area contributed by atoms with Gasteiger partial charge >= 0.3 is 6.09 Å². The van der Waals surface area contributed by atoms with Gasteiger partial charge in [0.2, 0.25) is 0 Å². The van der Waals surface area contributed by atoms with E-state index < -0.39 is 17.3 Å². The molecular formula is C17H23NO5. The zero-order chi connectivity index (χ0) is 16.8. The minimum Gasteiger partial charge on any atom is -0.497 e. The fourth-order valence-electron chi connectivity index (χ4n) is 3.04. The van der Waals surface area contributed by atoms with E-state index in [1.165, 1.54) is 0 Å². The van der Waals surface area contributed by atoms with Gasteiger partial charge in [0, 0.05) is 18.1 Å². The minimum absolute atomic E-state index is 0.349. The van der Waals surface area contributed by atoms with Gasteiger partial charge in [0.15, 0.2) is 0 Å². The summed E-state index contributed by atoms with van der Waals surface area (Å²) in [6, 6.07) is 5.39. The molecule has 1 unspecified atom stereocenters. The number of fused-ring (bicyclic) bond motifs is 1. The summed E-state index contributed by atoms with van der Waals surface area (Å²) < 4.78 is 16.7. The molecule has 1 amide bonds. The first kappa shape index (κ1) is 15.9. The van der Waals surface area contributed by atoms with Crippen molar-refractivity contribution >= 4 is 6.09 Å². The van der Waals surface area contributed by atoms with E-state index in [-0.39, 0.29) is 6.09 Å². The van der Waals surface area contributed by atoms with E-state index in [4.69, 9.17) is 14.2 Å². The van der Waals surface area contributed by atoms with Crippen LogP contribution in [0.2, 0.25) is 0 Å². The number of carbonyl (C=O) groups is 1. The zero-order valence-electron chi connectivity index (χ0n) is 14.0. The van der Waals surface area contributed by atoms with Gasteiger partial charge in [-0.3, -0.25) is 0 Å². The summed E-state index contributed by atoms with van der Waals surface area (Å²) in [7, 11) is 1.59. The van der Waals surface area contributed by atoms with Crippen LogP contribution < -0.4 is 9.47 Å². The second-order valence-electron chi connectivity index (χ2n) is 7.25. The van der Waals surface area contributed by atoms with Crippen molar-refractivity contribution in [2.45, 2.75) is 44.5 Å². The fraction of sp³-hybridized carbons (Fsp3) is 0.588. The van der Waals surface area contributed by atoms with Crippen LogP contribution in [-0.2, 0) is 4.74 Å². The van der Waals surface area contributed by atoms with Gasteiger partial charge in [0.05, 0.1) is 26.3 Å². The summed E-state index contributed by atoms with van der Waals surface area (Å²) in [6.45, 7) is 6.34. The molecule has 1 aromatic rings. The number of aliphatic hydroxyl groups excluding tert-OH is 1. The first-order chi connectivity index (χ1) is 10.7. The van der Waals surface area contributed by atoms with Crippen LogP contribution in [-0.4, -0.2) is 47.5 Å². The minimum atomic E-state index is -0.606. The topological polar surface area (TPSA) is 68.2 Å². The third-order valence-corrected chi connectivity index (χ3v) is 4.08. The summed E-state index contributed by atoms with van der Waals surface area (Å²) in [5, 5.41) is 10.4. The molecule has 0 aliphatic carbocycles. The molecule has 1 atom stereocenters. The van der Waals surface area contributed by atoms with E-state index in [2.05, 4.69) is 0 Å². The number of nitrogens with zero attached hydrogens (tertiary/aromatic N) is 1. The number of carbonyl (C=O) groups excluding carboxylic acids is 1. The van der Waals surface area contributed by atoms with E-state index in [9.17, 15) is 9.90 Å². The molecule has 1 aromatic carbocycles. The third kappa shape index (κ3) is 3.08. The van der Waals surface area contributed by atoms with Crippen LogP contribution in [0.15, 0.2) is 18.2 Å². The van der Waals surface area contributed by atoms with E-state index in [0.29, 0.717) is 31.0 Å². The smallest absolute Gasteiger partial charge is 0.410 e. The summed E-state index contributed by atoms with van der Waals surface area (Å²) >= 11 is 0. The Morgan fingerprint density at radius 3 is 2.70 bits per heavy atom. The maximum atomic E-state index is 12.1. The second-order valence-corrected chi connectivity index (χ2v) is 7.25. The van der Waals surface area contributed by atoms with Crippen molar-refractivity contribution in [1.29, 1.82) is 0 Å². The highest BCUT2D eigenvalue weighted by atomic mass is 16.6. The Bertz CT molecular complexity index is 616. The number of benzene rings is 1. The van der Waals surface area contributed by atoms with Crippen molar-refractivity contribution in [3.8, 4) is 11.5 Å². The van der Waals surface area contributed by atoms with E-state index in [1.807, 2.05) is 26.8 Å². The van der Waals surface area contributed by atoms with E-state index in [1.54, 1.807) is 24.1 Å². The molecule has 23 heavy (non-hydrogen) atoms. The molecule has 2 aliphatic heterocycles.